The van der Waals surface area contributed by atoms with Gasteiger partial charge in [0.25, 0.3) is 0 Å². The predicted molar refractivity (Wildman–Crippen MR) is 367 cm³/mol. The first kappa shape index (κ1) is 68.8. The molecule has 0 atom stereocenters. The van der Waals surface area contributed by atoms with Crippen LogP contribution in [0, 0.1) is 41.5 Å². The van der Waals surface area contributed by atoms with Crippen LogP contribution in [0.5, 0.6) is 69.0 Å². The van der Waals surface area contributed by atoms with Crippen molar-refractivity contribution < 1.29 is 63.2 Å². The first-order chi connectivity index (χ1) is 46.4. The smallest absolute Gasteiger partial charge is 0.411 e. The van der Waals surface area contributed by atoms with Gasteiger partial charge in [0.1, 0.15) is 69.0 Å². The number of ether oxygens (including phenoxy) is 6. The van der Waals surface area contributed by atoms with Crippen molar-refractivity contribution in [1.29, 1.82) is 0 Å². The van der Waals surface area contributed by atoms with Gasteiger partial charge in [0.15, 0.2) is 0 Å². The lowest BCUT2D eigenvalue weighted by atomic mass is 9.73. The van der Waals surface area contributed by atoms with Gasteiger partial charge in [-0.2, -0.15) is 26.3 Å². The molecule has 0 aromatic heterocycles. The average Bonchev–Trinajstić information content (AvgIpc) is 0.718. The van der Waals surface area contributed by atoms with Gasteiger partial charge in [-0.1, -0.05) is 155 Å². The maximum absolute atomic E-state index is 14.4. The Bertz CT molecular complexity index is 4300. The number of hydrogen-bond donors (Lipinski definition) is 0. The zero-order chi connectivity index (χ0) is 68.7. The summed E-state index contributed by atoms with van der Waals surface area (Å²) in [5, 5.41) is 0. The van der Waals surface area contributed by atoms with Crippen molar-refractivity contribution >= 4 is 9.84 Å². The fourth-order valence-corrected chi connectivity index (χ4v) is 11.3. The molecule has 0 saturated heterocycles. The van der Waals surface area contributed by atoms with Gasteiger partial charge >= 0.3 is 12.4 Å². The summed E-state index contributed by atoms with van der Waals surface area (Å²) in [5.74, 6) is 6.96. The first-order valence-corrected chi connectivity index (χ1v) is 32.4. The molecule has 0 aliphatic rings. The lowest BCUT2D eigenvalue weighted by Gasteiger charge is -2.38. The molecule has 0 aliphatic carbocycles. The summed E-state index contributed by atoms with van der Waals surface area (Å²) in [6.07, 6.45) is -10.5. The minimum Gasteiger partial charge on any atom is -0.457 e. The van der Waals surface area contributed by atoms with Crippen molar-refractivity contribution in [2.24, 2.45) is 0 Å². The molecule has 0 fully saturated rings. The van der Waals surface area contributed by atoms with Crippen LogP contribution < -0.4 is 28.4 Å². The Balaban J connectivity index is 0.000000159. The van der Waals surface area contributed by atoms with E-state index in [0.29, 0.717) is 34.5 Å². The molecule has 8 nitrogen and oxygen atoms in total. The highest BCUT2D eigenvalue weighted by Gasteiger charge is 2.72. The third-order valence-corrected chi connectivity index (χ3v) is 17.3. The largest absolute Gasteiger partial charge is 0.457 e. The van der Waals surface area contributed by atoms with Crippen molar-refractivity contribution in [2.75, 3.05) is 0 Å². The summed E-state index contributed by atoms with van der Waals surface area (Å²) in [6.45, 7) is 11.9. The lowest BCUT2D eigenvalue weighted by Crippen LogP contribution is -2.54. The van der Waals surface area contributed by atoms with Gasteiger partial charge in [0, 0.05) is 0 Å². The molecular formula is C82H68F6O8S. The summed E-state index contributed by atoms with van der Waals surface area (Å²) >= 11 is 0. The Kier molecular flexibility index (Phi) is 21.7. The molecule has 0 N–H and O–H groups in total. The van der Waals surface area contributed by atoms with Crippen molar-refractivity contribution in [1.82, 2.24) is 0 Å². The predicted octanol–water partition coefficient (Wildman–Crippen LogP) is 23.5. The number of hydrogen-bond acceptors (Lipinski definition) is 8. The molecule has 15 heteroatoms. The molecule has 0 radical (unpaired) electrons. The second-order valence-electron chi connectivity index (χ2n) is 23.2. The van der Waals surface area contributed by atoms with Crippen LogP contribution >= 0.6 is 0 Å². The number of rotatable bonds is 18. The molecule has 0 saturated carbocycles. The Morgan fingerprint density at radius 2 is 0.392 bits per heavy atom. The summed E-state index contributed by atoms with van der Waals surface area (Å²) < 4.78 is 147. The van der Waals surface area contributed by atoms with E-state index in [0.717, 1.165) is 100 Å². The highest BCUT2D eigenvalue weighted by Crippen LogP contribution is 2.56. The van der Waals surface area contributed by atoms with E-state index in [-0.39, 0.29) is 21.3 Å². The van der Waals surface area contributed by atoms with E-state index in [1.54, 1.807) is 97.1 Å². The molecular weight excluding hydrogens is 1260 g/mol. The quantitative estimate of drug-likeness (QED) is 0.0785. The topological polar surface area (TPSA) is 89.5 Å². The van der Waals surface area contributed by atoms with E-state index in [2.05, 4.69) is 62.4 Å². The standard InChI is InChI=1S/C29H22F6O2.C27H24O2.C26H22O4S/c1-19-3-11-23(12-4-19)36-25-15-7-21(8-16-25)27(28(30,31)32,29(33,34)35)22-9-17-26(18-10-22)37-24-13-5-20(2)6-14-24;1-20-3-11-24(12-4-20)28-26-15-7-22(8-16-26)19-23-9-17-27(18-10-23)29-25-13-5-21(2)6-14-25;1-19-3-7-21(8-4-19)29-23-11-15-25(16-12-23)31(27,28)26-17-13-24(14-18-26)30-22-9-5-20(2)6-10-22/h3-18H,1-2H3;3-18H,19H2,1-2H3;3-18H,1-2H3. The number of sulfone groups is 1. The molecule has 492 valence electrons. The Hall–Kier alpha value is -11.0. The van der Waals surface area contributed by atoms with Gasteiger partial charge in [-0.15, -0.1) is 0 Å². The monoisotopic (exact) mass is 1330 g/mol. The van der Waals surface area contributed by atoms with Crippen LogP contribution in [0.1, 0.15) is 55.6 Å². The van der Waals surface area contributed by atoms with Gasteiger partial charge in [-0.25, -0.2) is 8.42 Å². The van der Waals surface area contributed by atoms with E-state index in [1.165, 1.54) is 22.3 Å². The van der Waals surface area contributed by atoms with E-state index in [4.69, 9.17) is 28.4 Å². The molecule has 0 amide bonds. The molecule has 97 heavy (non-hydrogen) atoms. The molecule has 12 rings (SSSR count). The van der Waals surface area contributed by atoms with Crippen molar-refractivity contribution in [2.45, 2.75) is 75.5 Å². The molecule has 12 aromatic rings. The summed E-state index contributed by atoms with van der Waals surface area (Å²) in [6, 6.07) is 82.1. The second kappa shape index (κ2) is 30.6. The normalized spacial score (nSPS) is 11.4. The summed E-state index contributed by atoms with van der Waals surface area (Å²) in [5.41, 5.74) is 2.95. The van der Waals surface area contributed by atoms with Crippen LogP contribution in [0.3, 0.4) is 0 Å². The van der Waals surface area contributed by atoms with E-state index >= 15 is 0 Å². The van der Waals surface area contributed by atoms with Crippen LogP contribution in [0.15, 0.2) is 301 Å². The van der Waals surface area contributed by atoms with Gasteiger partial charge in [0.2, 0.25) is 15.3 Å². The highest BCUT2D eigenvalue weighted by atomic mass is 32.2. The Morgan fingerprint density at radius 3 is 0.567 bits per heavy atom. The van der Waals surface area contributed by atoms with Crippen LogP contribution in [0.4, 0.5) is 26.3 Å². The van der Waals surface area contributed by atoms with Crippen LogP contribution in [-0.4, -0.2) is 20.8 Å². The van der Waals surface area contributed by atoms with Crippen molar-refractivity contribution in [3.63, 3.8) is 0 Å². The minimum atomic E-state index is -5.69. The molecule has 0 heterocycles. The summed E-state index contributed by atoms with van der Waals surface area (Å²) in [7, 11) is -3.64. The van der Waals surface area contributed by atoms with Crippen LogP contribution in [-0.2, 0) is 21.7 Å². The summed E-state index contributed by atoms with van der Waals surface area (Å²) in [4.78, 5) is 0.409. The third kappa shape index (κ3) is 18.3. The number of benzene rings is 12. The zero-order valence-electron chi connectivity index (χ0n) is 53.9. The molecule has 0 unspecified atom stereocenters. The van der Waals surface area contributed by atoms with E-state index < -0.39 is 38.7 Å². The third-order valence-electron chi connectivity index (χ3n) is 15.5. The Labute approximate surface area is 561 Å². The van der Waals surface area contributed by atoms with Gasteiger partial charge in [-0.05, 0) is 240 Å². The number of alkyl halides is 6. The SMILES string of the molecule is Cc1ccc(Oc2ccc(C(c3ccc(Oc4ccc(C)cc4)cc3)(C(F)(F)F)C(F)(F)F)cc2)cc1.Cc1ccc(Oc2ccc(Cc3ccc(Oc4ccc(C)cc4)cc3)cc2)cc1.Cc1ccc(Oc2ccc(S(=O)(=O)c3ccc(Oc4ccc(C)cc4)cc3)cc2)cc1. The van der Waals surface area contributed by atoms with Crippen LogP contribution in [0.25, 0.3) is 0 Å². The van der Waals surface area contributed by atoms with Gasteiger partial charge < -0.3 is 28.4 Å². The van der Waals surface area contributed by atoms with Crippen LogP contribution in [0.2, 0.25) is 0 Å². The molecule has 0 bridgehead atoms. The van der Waals surface area contributed by atoms with E-state index in [9.17, 15) is 34.8 Å². The van der Waals surface area contributed by atoms with Gasteiger partial charge in [-0.3, -0.25) is 0 Å². The first-order valence-electron chi connectivity index (χ1n) is 30.9. The number of halogens is 6. The highest BCUT2D eigenvalue weighted by molar-refractivity contribution is 7.91. The van der Waals surface area contributed by atoms with Crippen molar-refractivity contribution in [3.8, 4) is 69.0 Å². The fourth-order valence-electron chi connectivity index (χ4n) is 10.1. The van der Waals surface area contributed by atoms with Gasteiger partial charge in [0.05, 0.1) is 9.79 Å². The lowest BCUT2D eigenvalue weighted by molar-refractivity contribution is -0.288. The van der Waals surface area contributed by atoms with E-state index in [1.807, 2.05) is 125 Å². The Morgan fingerprint density at radius 1 is 0.237 bits per heavy atom. The molecule has 12 aromatic carbocycles. The maximum atomic E-state index is 14.4. The maximum Gasteiger partial charge on any atom is 0.411 e. The molecule has 0 spiro atoms. The van der Waals surface area contributed by atoms with Crippen molar-refractivity contribution in [3.05, 3.63) is 347 Å². The molecule has 0 aliphatic heterocycles. The fraction of sp³-hybridized carbons (Fsp3) is 0.122. The number of aryl methyl sites for hydroxylation is 6. The minimum absolute atomic E-state index is 0.104. The second-order valence-corrected chi connectivity index (χ2v) is 25.1. The average molecular weight is 1330 g/mol. The zero-order valence-corrected chi connectivity index (χ0v) is 54.7.